The summed E-state index contributed by atoms with van der Waals surface area (Å²) in [4.78, 5) is 35.3. The lowest BCUT2D eigenvalue weighted by molar-refractivity contribution is -0.146. The van der Waals surface area contributed by atoms with Crippen LogP contribution in [0.5, 0.6) is 0 Å². The van der Waals surface area contributed by atoms with Crippen LogP contribution in [0.3, 0.4) is 0 Å². The Hall–Kier alpha value is -1.43. The molecule has 1 saturated heterocycles. The van der Waals surface area contributed by atoms with Crippen molar-refractivity contribution in [3.8, 4) is 0 Å². The lowest BCUT2D eigenvalue weighted by Gasteiger charge is -2.28. The maximum Gasteiger partial charge on any atom is 0.323 e. The number of likely N-dealkylation sites (tertiary alicyclic amines) is 1. The van der Waals surface area contributed by atoms with Gasteiger partial charge in [-0.15, -0.1) is 0 Å². The third-order valence-electron chi connectivity index (χ3n) is 3.23. The van der Waals surface area contributed by atoms with E-state index in [9.17, 15) is 19.5 Å². The van der Waals surface area contributed by atoms with Gasteiger partial charge in [0, 0.05) is 19.4 Å². The van der Waals surface area contributed by atoms with Gasteiger partial charge in [0.1, 0.15) is 5.54 Å². The molecule has 2 N–H and O–H groups in total. The van der Waals surface area contributed by atoms with Gasteiger partial charge in [-0.05, 0) is 26.3 Å². The number of carbonyl (C=O) groups is 3. The number of carboxylic acids is 1. The molecular formula is C12H20N2O4. The molecule has 2 amide bonds. The number of amides is 2. The Bertz CT molecular complexity index is 340. The van der Waals surface area contributed by atoms with Crippen molar-refractivity contribution in [2.75, 3.05) is 13.1 Å². The molecule has 1 heterocycles. The SMILES string of the molecule is CCCNC(C)(CCN1C(=O)CCC1=O)C(=O)O. The van der Waals surface area contributed by atoms with Crippen molar-refractivity contribution < 1.29 is 19.5 Å². The fraction of sp³-hybridized carbons (Fsp3) is 0.750. The van der Waals surface area contributed by atoms with Crippen molar-refractivity contribution in [1.29, 1.82) is 0 Å². The van der Waals surface area contributed by atoms with Crippen molar-refractivity contribution in [2.24, 2.45) is 0 Å². The van der Waals surface area contributed by atoms with Gasteiger partial charge in [0.05, 0.1) is 0 Å². The maximum atomic E-state index is 11.4. The fourth-order valence-electron chi connectivity index (χ4n) is 1.88. The molecule has 1 aliphatic rings. The highest BCUT2D eigenvalue weighted by atomic mass is 16.4. The van der Waals surface area contributed by atoms with E-state index in [0.29, 0.717) is 6.54 Å². The second-order valence-corrected chi connectivity index (χ2v) is 4.75. The summed E-state index contributed by atoms with van der Waals surface area (Å²) in [5, 5.41) is 12.2. The second-order valence-electron chi connectivity index (χ2n) is 4.75. The molecule has 0 saturated carbocycles. The van der Waals surface area contributed by atoms with E-state index in [2.05, 4.69) is 5.32 Å². The molecule has 0 aromatic heterocycles. The highest BCUT2D eigenvalue weighted by molar-refractivity contribution is 6.01. The van der Waals surface area contributed by atoms with Crippen LogP contribution in [0.15, 0.2) is 0 Å². The van der Waals surface area contributed by atoms with Crippen LogP contribution >= 0.6 is 0 Å². The average Bonchev–Trinajstić information content (AvgIpc) is 2.64. The lowest BCUT2D eigenvalue weighted by Crippen LogP contribution is -2.52. The molecule has 102 valence electrons. The first-order valence-corrected chi connectivity index (χ1v) is 6.22. The average molecular weight is 256 g/mol. The minimum Gasteiger partial charge on any atom is -0.480 e. The van der Waals surface area contributed by atoms with Crippen LogP contribution in [-0.4, -0.2) is 46.4 Å². The minimum atomic E-state index is -1.10. The third-order valence-corrected chi connectivity index (χ3v) is 3.23. The van der Waals surface area contributed by atoms with E-state index in [1.807, 2.05) is 6.92 Å². The molecule has 18 heavy (non-hydrogen) atoms. The summed E-state index contributed by atoms with van der Waals surface area (Å²) < 4.78 is 0. The fourth-order valence-corrected chi connectivity index (χ4v) is 1.88. The van der Waals surface area contributed by atoms with E-state index in [1.54, 1.807) is 6.92 Å². The van der Waals surface area contributed by atoms with Gasteiger partial charge in [-0.1, -0.05) is 6.92 Å². The van der Waals surface area contributed by atoms with Crippen molar-refractivity contribution in [1.82, 2.24) is 10.2 Å². The second kappa shape index (κ2) is 5.95. The van der Waals surface area contributed by atoms with E-state index in [1.165, 1.54) is 0 Å². The molecule has 0 spiro atoms. The van der Waals surface area contributed by atoms with Crippen molar-refractivity contribution >= 4 is 17.8 Å². The summed E-state index contributed by atoms with van der Waals surface area (Å²) in [7, 11) is 0. The molecule has 0 radical (unpaired) electrons. The molecule has 0 aromatic carbocycles. The zero-order valence-electron chi connectivity index (χ0n) is 10.9. The Morgan fingerprint density at radius 3 is 2.39 bits per heavy atom. The van der Waals surface area contributed by atoms with Crippen LogP contribution in [0.1, 0.15) is 39.5 Å². The van der Waals surface area contributed by atoms with Crippen molar-refractivity contribution in [3.05, 3.63) is 0 Å². The number of hydrogen-bond donors (Lipinski definition) is 2. The zero-order chi connectivity index (χ0) is 13.8. The molecule has 0 aromatic rings. The molecule has 6 heteroatoms. The number of carbonyl (C=O) groups excluding carboxylic acids is 2. The molecule has 1 unspecified atom stereocenters. The summed E-state index contributed by atoms with van der Waals surface area (Å²) >= 11 is 0. The molecule has 1 atom stereocenters. The number of aliphatic carboxylic acids is 1. The Morgan fingerprint density at radius 1 is 1.39 bits per heavy atom. The number of imide groups is 1. The summed E-state index contributed by atoms with van der Waals surface area (Å²) in [5.74, 6) is -1.37. The van der Waals surface area contributed by atoms with Crippen LogP contribution in [0.25, 0.3) is 0 Å². The van der Waals surface area contributed by atoms with Gasteiger partial charge in [0.2, 0.25) is 11.8 Å². The Morgan fingerprint density at radius 2 is 1.94 bits per heavy atom. The van der Waals surface area contributed by atoms with Gasteiger partial charge in [-0.2, -0.15) is 0 Å². The maximum absolute atomic E-state index is 11.4. The Balaban J connectivity index is 2.59. The predicted molar refractivity (Wildman–Crippen MR) is 64.9 cm³/mol. The number of nitrogens with one attached hydrogen (secondary N) is 1. The van der Waals surface area contributed by atoms with Gasteiger partial charge >= 0.3 is 5.97 Å². The van der Waals surface area contributed by atoms with E-state index < -0.39 is 11.5 Å². The predicted octanol–water partition coefficient (Wildman–Crippen LogP) is 0.368. The first kappa shape index (κ1) is 14.6. The van der Waals surface area contributed by atoms with Gasteiger partial charge in [-0.25, -0.2) is 0 Å². The topological polar surface area (TPSA) is 86.7 Å². The molecule has 1 fully saturated rings. The molecule has 1 rings (SSSR count). The summed E-state index contributed by atoms with van der Waals surface area (Å²) in [6.07, 6.45) is 1.53. The smallest absolute Gasteiger partial charge is 0.323 e. The molecule has 0 aliphatic carbocycles. The van der Waals surface area contributed by atoms with Gasteiger partial charge in [0.25, 0.3) is 0 Å². The van der Waals surface area contributed by atoms with Crippen LogP contribution in [0, 0.1) is 0 Å². The third kappa shape index (κ3) is 3.29. The van der Waals surface area contributed by atoms with Crippen molar-refractivity contribution in [2.45, 2.75) is 45.1 Å². The van der Waals surface area contributed by atoms with E-state index in [-0.39, 0.29) is 37.6 Å². The summed E-state index contributed by atoms with van der Waals surface area (Å²) in [5.41, 5.74) is -1.10. The zero-order valence-corrected chi connectivity index (χ0v) is 10.9. The highest BCUT2D eigenvalue weighted by Crippen LogP contribution is 2.16. The molecular weight excluding hydrogens is 236 g/mol. The van der Waals surface area contributed by atoms with Gasteiger partial charge < -0.3 is 10.4 Å². The molecule has 1 aliphatic heterocycles. The largest absolute Gasteiger partial charge is 0.480 e. The number of nitrogens with zero attached hydrogens (tertiary/aromatic N) is 1. The molecule has 6 nitrogen and oxygen atoms in total. The highest BCUT2D eigenvalue weighted by Gasteiger charge is 2.36. The van der Waals surface area contributed by atoms with Gasteiger partial charge in [0.15, 0.2) is 0 Å². The molecule has 0 bridgehead atoms. The first-order valence-electron chi connectivity index (χ1n) is 6.22. The van der Waals surface area contributed by atoms with Gasteiger partial charge in [-0.3, -0.25) is 19.3 Å². The van der Waals surface area contributed by atoms with E-state index >= 15 is 0 Å². The number of hydrogen-bond acceptors (Lipinski definition) is 4. The van der Waals surface area contributed by atoms with Crippen molar-refractivity contribution in [3.63, 3.8) is 0 Å². The summed E-state index contributed by atoms with van der Waals surface area (Å²) in [6.45, 7) is 4.28. The Labute approximate surface area is 106 Å². The van der Waals surface area contributed by atoms with Crippen LogP contribution < -0.4 is 5.32 Å². The standard InChI is InChI=1S/C12H20N2O4/c1-3-7-13-12(2,11(17)18)6-8-14-9(15)4-5-10(14)16/h13H,3-8H2,1-2H3,(H,17,18). The van der Waals surface area contributed by atoms with Crippen LogP contribution in [0.2, 0.25) is 0 Å². The minimum absolute atomic E-state index is 0.164. The summed E-state index contributed by atoms with van der Waals surface area (Å²) in [6, 6.07) is 0. The monoisotopic (exact) mass is 256 g/mol. The quantitative estimate of drug-likeness (QED) is 0.643. The lowest BCUT2D eigenvalue weighted by atomic mass is 9.97. The number of carboxylic acid groups (broad SMARTS) is 1. The van der Waals surface area contributed by atoms with E-state index in [0.717, 1.165) is 11.3 Å². The Kier molecular flexibility index (Phi) is 4.84. The first-order chi connectivity index (χ1) is 8.40. The number of rotatable bonds is 7. The van der Waals surface area contributed by atoms with Crippen LogP contribution in [0.4, 0.5) is 0 Å². The van der Waals surface area contributed by atoms with Crippen LogP contribution in [-0.2, 0) is 14.4 Å². The normalized spacial score (nSPS) is 19.1. The van der Waals surface area contributed by atoms with E-state index in [4.69, 9.17) is 0 Å².